The predicted octanol–water partition coefficient (Wildman–Crippen LogP) is 2.80. The highest BCUT2D eigenvalue weighted by Crippen LogP contribution is 2.29. The number of anilines is 1. The summed E-state index contributed by atoms with van der Waals surface area (Å²) in [5, 5.41) is 2.95. The standard InChI is InChI=1S/C18H27N3O3/c1-23-15-7-8-16(17(13-15)24-2)19-18(22)21-11-9-20(10-12-21)14-5-3-4-6-14/h7-8,13-14H,3-6,9-12H2,1-2H3,(H,19,22). The summed E-state index contributed by atoms with van der Waals surface area (Å²) in [6, 6.07) is 6.06. The van der Waals surface area contributed by atoms with Crippen LogP contribution >= 0.6 is 0 Å². The summed E-state index contributed by atoms with van der Waals surface area (Å²) >= 11 is 0. The minimum absolute atomic E-state index is 0.0652. The molecule has 1 saturated carbocycles. The number of hydrogen-bond donors (Lipinski definition) is 1. The normalized spacial score (nSPS) is 19.3. The first-order valence-corrected chi connectivity index (χ1v) is 8.73. The van der Waals surface area contributed by atoms with Crippen LogP contribution in [0.4, 0.5) is 10.5 Å². The van der Waals surface area contributed by atoms with Crippen LogP contribution in [-0.2, 0) is 0 Å². The third-order valence-corrected chi connectivity index (χ3v) is 5.09. The summed E-state index contributed by atoms with van der Waals surface area (Å²) in [4.78, 5) is 17.0. The fourth-order valence-corrected chi connectivity index (χ4v) is 3.66. The summed E-state index contributed by atoms with van der Waals surface area (Å²) in [5.41, 5.74) is 0.668. The Morgan fingerprint density at radius 1 is 1.08 bits per heavy atom. The van der Waals surface area contributed by atoms with Gasteiger partial charge in [-0.15, -0.1) is 0 Å². The number of ether oxygens (including phenoxy) is 2. The van der Waals surface area contributed by atoms with Gasteiger partial charge in [0.15, 0.2) is 0 Å². The first kappa shape index (κ1) is 16.9. The van der Waals surface area contributed by atoms with E-state index >= 15 is 0 Å². The highest BCUT2D eigenvalue weighted by Gasteiger charge is 2.28. The summed E-state index contributed by atoms with van der Waals surface area (Å²) in [5.74, 6) is 1.31. The number of methoxy groups -OCH3 is 2. The van der Waals surface area contributed by atoms with Gasteiger partial charge in [0, 0.05) is 38.3 Å². The predicted molar refractivity (Wildman–Crippen MR) is 94.0 cm³/mol. The molecule has 1 saturated heterocycles. The molecule has 1 aromatic rings. The molecule has 0 spiro atoms. The van der Waals surface area contributed by atoms with E-state index in [0.29, 0.717) is 17.2 Å². The molecule has 2 fully saturated rings. The van der Waals surface area contributed by atoms with Crippen LogP contribution in [0.2, 0.25) is 0 Å². The monoisotopic (exact) mass is 333 g/mol. The Kier molecular flexibility index (Phi) is 5.45. The topological polar surface area (TPSA) is 54.0 Å². The Hall–Kier alpha value is -1.95. The molecule has 0 aromatic heterocycles. The van der Waals surface area contributed by atoms with Crippen LogP contribution in [0.25, 0.3) is 0 Å². The van der Waals surface area contributed by atoms with Crippen LogP contribution in [-0.4, -0.2) is 62.3 Å². The van der Waals surface area contributed by atoms with Gasteiger partial charge < -0.3 is 19.7 Å². The molecule has 1 aliphatic carbocycles. The average Bonchev–Trinajstić information content (AvgIpc) is 3.16. The van der Waals surface area contributed by atoms with Crippen LogP contribution in [0, 0.1) is 0 Å². The van der Waals surface area contributed by atoms with E-state index in [1.54, 1.807) is 20.3 Å². The van der Waals surface area contributed by atoms with Crippen molar-refractivity contribution < 1.29 is 14.3 Å². The van der Waals surface area contributed by atoms with Crippen LogP contribution in [0.15, 0.2) is 18.2 Å². The molecule has 3 rings (SSSR count). The number of urea groups is 1. The van der Waals surface area contributed by atoms with E-state index in [2.05, 4.69) is 10.2 Å². The molecule has 0 bridgehead atoms. The van der Waals surface area contributed by atoms with E-state index < -0.39 is 0 Å². The highest BCUT2D eigenvalue weighted by molar-refractivity contribution is 5.91. The van der Waals surface area contributed by atoms with Crippen molar-refractivity contribution in [3.63, 3.8) is 0 Å². The molecular formula is C18H27N3O3. The van der Waals surface area contributed by atoms with Crippen molar-refractivity contribution in [1.29, 1.82) is 0 Å². The van der Waals surface area contributed by atoms with Crippen molar-refractivity contribution in [3.8, 4) is 11.5 Å². The summed E-state index contributed by atoms with van der Waals surface area (Å²) in [6.07, 6.45) is 5.33. The second-order valence-corrected chi connectivity index (χ2v) is 6.46. The summed E-state index contributed by atoms with van der Waals surface area (Å²) < 4.78 is 10.5. The Morgan fingerprint density at radius 2 is 1.79 bits per heavy atom. The van der Waals surface area contributed by atoms with Gasteiger partial charge >= 0.3 is 6.03 Å². The van der Waals surface area contributed by atoms with E-state index in [-0.39, 0.29) is 6.03 Å². The van der Waals surface area contributed by atoms with E-state index in [4.69, 9.17) is 9.47 Å². The van der Waals surface area contributed by atoms with E-state index in [0.717, 1.165) is 32.2 Å². The molecule has 6 heteroatoms. The number of carbonyl (C=O) groups excluding carboxylic acids is 1. The molecule has 0 atom stereocenters. The highest BCUT2D eigenvalue weighted by atomic mass is 16.5. The van der Waals surface area contributed by atoms with Crippen LogP contribution in [0.5, 0.6) is 11.5 Å². The van der Waals surface area contributed by atoms with E-state index in [9.17, 15) is 4.79 Å². The lowest BCUT2D eigenvalue weighted by molar-refractivity contribution is 0.115. The molecular weight excluding hydrogens is 306 g/mol. The number of nitrogens with zero attached hydrogens (tertiary/aromatic N) is 2. The Bertz CT molecular complexity index is 565. The zero-order chi connectivity index (χ0) is 16.9. The van der Waals surface area contributed by atoms with Gasteiger partial charge in [-0.25, -0.2) is 4.79 Å². The van der Waals surface area contributed by atoms with Gasteiger partial charge in [0.2, 0.25) is 0 Å². The Labute approximate surface area is 143 Å². The Morgan fingerprint density at radius 3 is 2.42 bits per heavy atom. The molecule has 1 aliphatic heterocycles. The fourth-order valence-electron chi connectivity index (χ4n) is 3.66. The average molecular weight is 333 g/mol. The van der Waals surface area contributed by atoms with Gasteiger partial charge in [0.25, 0.3) is 0 Å². The van der Waals surface area contributed by atoms with Gasteiger partial charge in [0.05, 0.1) is 19.9 Å². The minimum atomic E-state index is -0.0652. The lowest BCUT2D eigenvalue weighted by Crippen LogP contribution is -2.52. The number of hydrogen-bond acceptors (Lipinski definition) is 4. The lowest BCUT2D eigenvalue weighted by atomic mass is 10.2. The molecule has 0 radical (unpaired) electrons. The number of rotatable bonds is 4. The van der Waals surface area contributed by atoms with Gasteiger partial charge in [-0.2, -0.15) is 0 Å². The number of benzene rings is 1. The van der Waals surface area contributed by atoms with Crippen molar-refractivity contribution in [2.24, 2.45) is 0 Å². The molecule has 1 heterocycles. The lowest BCUT2D eigenvalue weighted by Gasteiger charge is -2.38. The van der Waals surface area contributed by atoms with Gasteiger partial charge in [-0.05, 0) is 25.0 Å². The largest absolute Gasteiger partial charge is 0.497 e. The second-order valence-electron chi connectivity index (χ2n) is 6.46. The third-order valence-electron chi connectivity index (χ3n) is 5.09. The van der Waals surface area contributed by atoms with Gasteiger partial charge in [-0.1, -0.05) is 12.8 Å². The van der Waals surface area contributed by atoms with Crippen molar-refractivity contribution in [3.05, 3.63) is 18.2 Å². The van der Waals surface area contributed by atoms with Crippen LogP contribution in [0.3, 0.4) is 0 Å². The minimum Gasteiger partial charge on any atom is -0.497 e. The van der Waals surface area contributed by atoms with Crippen molar-refractivity contribution in [2.75, 3.05) is 45.7 Å². The first-order chi connectivity index (χ1) is 11.7. The smallest absolute Gasteiger partial charge is 0.322 e. The quantitative estimate of drug-likeness (QED) is 0.920. The van der Waals surface area contributed by atoms with Gasteiger partial charge in [-0.3, -0.25) is 4.90 Å². The molecule has 6 nitrogen and oxygen atoms in total. The number of piperazine rings is 1. The number of nitrogens with one attached hydrogen (secondary N) is 1. The first-order valence-electron chi connectivity index (χ1n) is 8.73. The molecule has 2 aliphatic rings. The zero-order valence-corrected chi connectivity index (χ0v) is 14.6. The zero-order valence-electron chi connectivity index (χ0n) is 14.6. The van der Waals surface area contributed by atoms with Crippen molar-refractivity contribution in [2.45, 2.75) is 31.7 Å². The molecule has 132 valence electrons. The van der Waals surface area contributed by atoms with E-state index in [1.165, 1.54) is 25.7 Å². The molecule has 1 N–H and O–H groups in total. The van der Waals surface area contributed by atoms with Crippen molar-refractivity contribution in [1.82, 2.24) is 9.80 Å². The fraction of sp³-hybridized carbons (Fsp3) is 0.611. The summed E-state index contributed by atoms with van der Waals surface area (Å²) in [6.45, 7) is 3.50. The molecule has 2 amide bonds. The summed E-state index contributed by atoms with van der Waals surface area (Å²) in [7, 11) is 3.20. The van der Waals surface area contributed by atoms with Crippen LogP contribution in [0.1, 0.15) is 25.7 Å². The maximum absolute atomic E-state index is 12.5. The number of carbonyl (C=O) groups is 1. The third kappa shape index (κ3) is 3.75. The second kappa shape index (κ2) is 7.75. The number of amides is 2. The van der Waals surface area contributed by atoms with E-state index in [1.807, 2.05) is 17.0 Å². The maximum atomic E-state index is 12.5. The molecule has 0 unspecified atom stereocenters. The molecule has 1 aromatic carbocycles. The maximum Gasteiger partial charge on any atom is 0.322 e. The molecule has 24 heavy (non-hydrogen) atoms. The Balaban J connectivity index is 1.56. The van der Waals surface area contributed by atoms with Crippen LogP contribution < -0.4 is 14.8 Å². The SMILES string of the molecule is COc1ccc(NC(=O)N2CCN(C3CCCC3)CC2)c(OC)c1. The van der Waals surface area contributed by atoms with Gasteiger partial charge in [0.1, 0.15) is 11.5 Å². The van der Waals surface area contributed by atoms with Crippen molar-refractivity contribution >= 4 is 11.7 Å².